The molecule has 0 bridgehead atoms. The Kier molecular flexibility index (Phi) is 4.57. The Bertz CT molecular complexity index is 299. The molecule has 1 aromatic carbocycles. The summed E-state index contributed by atoms with van der Waals surface area (Å²) in [5.74, 6) is 0. The standard InChI is InChI=1S/C10H9BrF4/c11-2-1-6-3-7(9(12)13)5-8(4-6)10(14)15/h3-5,9-10H,1-2H2. The minimum Gasteiger partial charge on any atom is -0.205 e. The van der Waals surface area contributed by atoms with Gasteiger partial charge in [0, 0.05) is 16.5 Å². The second-order valence-electron chi connectivity index (χ2n) is 3.05. The van der Waals surface area contributed by atoms with Crippen LogP contribution in [0.1, 0.15) is 29.5 Å². The molecule has 0 aliphatic rings. The maximum atomic E-state index is 12.4. The van der Waals surface area contributed by atoms with Gasteiger partial charge in [0.2, 0.25) is 0 Å². The second kappa shape index (κ2) is 5.49. The minimum atomic E-state index is -2.71. The zero-order valence-corrected chi connectivity index (χ0v) is 9.28. The predicted octanol–water partition coefficient (Wildman–Crippen LogP) is 4.50. The molecule has 0 fully saturated rings. The van der Waals surface area contributed by atoms with Gasteiger partial charge < -0.3 is 0 Å². The van der Waals surface area contributed by atoms with E-state index in [2.05, 4.69) is 15.9 Å². The molecule has 0 N–H and O–H groups in total. The Morgan fingerprint density at radius 1 is 0.933 bits per heavy atom. The van der Waals surface area contributed by atoms with E-state index in [0.717, 1.165) is 6.07 Å². The van der Waals surface area contributed by atoms with Gasteiger partial charge in [-0.05, 0) is 18.1 Å². The van der Waals surface area contributed by atoms with Gasteiger partial charge in [-0.1, -0.05) is 28.1 Å². The summed E-state index contributed by atoms with van der Waals surface area (Å²) in [4.78, 5) is 0. The Morgan fingerprint density at radius 3 is 1.73 bits per heavy atom. The van der Waals surface area contributed by atoms with Crippen molar-refractivity contribution in [2.75, 3.05) is 5.33 Å². The first-order valence-corrected chi connectivity index (χ1v) is 5.42. The number of halogens is 5. The van der Waals surface area contributed by atoms with Crippen LogP contribution in [-0.4, -0.2) is 5.33 Å². The molecule has 84 valence electrons. The third-order valence-electron chi connectivity index (χ3n) is 1.92. The number of hydrogen-bond acceptors (Lipinski definition) is 0. The van der Waals surface area contributed by atoms with Crippen molar-refractivity contribution in [3.05, 3.63) is 34.9 Å². The fourth-order valence-electron chi connectivity index (χ4n) is 1.25. The van der Waals surface area contributed by atoms with E-state index in [1.54, 1.807) is 0 Å². The van der Waals surface area contributed by atoms with E-state index in [-0.39, 0.29) is 11.1 Å². The van der Waals surface area contributed by atoms with Crippen molar-refractivity contribution in [1.82, 2.24) is 0 Å². The summed E-state index contributed by atoms with van der Waals surface area (Å²) in [5.41, 5.74) is -0.188. The fourth-order valence-corrected chi connectivity index (χ4v) is 1.71. The lowest BCUT2D eigenvalue weighted by Crippen LogP contribution is -1.95. The molecule has 0 amide bonds. The molecule has 0 nitrogen and oxygen atoms in total. The van der Waals surface area contributed by atoms with E-state index >= 15 is 0 Å². The van der Waals surface area contributed by atoms with Crippen LogP contribution >= 0.6 is 15.9 Å². The summed E-state index contributed by atoms with van der Waals surface area (Å²) in [6.45, 7) is 0. The first-order chi connectivity index (χ1) is 7.04. The van der Waals surface area contributed by atoms with E-state index in [4.69, 9.17) is 0 Å². The molecule has 0 aliphatic carbocycles. The molecule has 1 rings (SSSR count). The Balaban J connectivity index is 3.08. The van der Waals surface area contributed by atoms with Crippen LogP contribution in [-0.2, 0) is 6.42 Å². The predicted molar refractivity (Wildman–Crippen MR) is 53.9 cm³/mol. The molecule has 0 heterocycles. The summed E-state index contributed by atoms with van der Waals surface area (Å²) in [6, 6.07) is 3.38. The third kappa shape index (κ3) is 3.48. The van der Waals surface area contributed by atoms with Gasteiger partial charge in [0.25, 0.3) is 12.9 Å². The lowest BCUT2D eigenvalue weighted by atomic mass is 10.0. The van der Waals surface area contributed by atoms with Gasteiger partial charge in [-0.15, -0.1) is 0 Å². The van der Waals surface area contributed by atoms with E-state index < -0.39 is 12.9 Å². The normalized spacial score (nSPS) is 11.4. The van der Waals surface area contributed by atoms with Crippen LogP contribution in [0.15, 0.2) is 18.2 Å². The first-order valence-electron chi connectivity index (χ1n) is 4.30. The number of aryl methyl sites for hydroxylation is 1. The highest BCUT2D eigenvalue weighted by molar-refractivity contribution is 9.09. The fraction of sp³-hybridized carbons (Fsp3) is 0.400. The highest BCUT2D eigenvalue weighted by atomic mass is 79.9. The van der Waals surface area contributed by atoms with Crippen molar-refractivity contribution < 1.29 is 17.6 Å². The van der Waals surface area contributed by atoms with Gasteiger partial charge in [0.1, 0.15) is 0 Å². The van der Waals surface area contributed by atoms with Crippen molar-refractivity contribution in [1.29, 1.82) is 0 Å². The molecule has 0 aliphatic heterocycles. The van der Waals surface area contributed by atoms with E-state index in [1.165, 1.54) is 12.1 Å². The summed E-state index contributed by atoms with van der Waals surface area (Å²) >= 11 is 3.13. The topological polar surface area (TPSA) is 0 Å². The van der Waals surface area contributed by atoms with Gasteiger partial charge in [-0.3, -0.25) is 0 Å². The van der Waals surface area contributed by atoms with Crippen molar-refractivity contribution >= 4 is 15.9 Å². The van der Waals surface area contributed by atoms with Crippen LogP contribution in [0.2, 0.25) is 0 Å². The zero-order chi connectivity index (χ0) is 11.4. The van der Waals surface area contributed by atoms with E-state index in [1.807, 2.05) is 0 Å². The second-order valence-corrected chi connectivity index (χ2v) is 3.84. The molecule has 0 aromatic heterocycles. The first kappa shape index (κ1) is 12.5. The Hall–Kier alpha value is -0.580. The average Bonchev–Trinajstić information content (AvgIpc) is 2.17. The van der Waals surface area contributed by atoms with Gasteiger partial charge >= 0.3 is 0 Å². The van der Waals surface area contributed by atoms with Crippen LogP contribution < -0.4 is 0 Å². The molecule has 0 radical (unpaired) electrons. The van der Waals surface area contributed by atoms with Gasteiger partial charge in [0.05, 0.1) is 0 Å². The van der Waals surface area contributed by atoms with Crippen molar-refractivity contribution in [2.24, 2.45) is 0 Å². The Morgan fingerprint density at radius 2 is 1.40 bits per heavy atom. The third-order valence-corrected chi connectivity index (χ3v) is 2.32. The average molecular weight is 285 g/mol. The summed E-state index contributed by atoms with van der Waals surface area (Å²) in [7, 11) is 0. The molecule has 0 atom stereocenters. The molecule has 1 aromatic rings. The van der Waals surface area contributed by atoms with Crippen LogP contribution in [0.4, 0.5) is 17.6 Å². The SMILES string of the molecule is FC(F)c1cc(CCBr)cc(C(F)F)c1. The molecule has 0 saturated heterocycles. The van der Waals surface area contributed by atoms with Gasteiger partial charge in [-0.2, -0.15) is 0 Å². The van der Waals surface area contributed by atoms with Gasteiger partial charge in [0.15, 0.2) is 0 Å². The molecule has 0 spiro atoms. The maximum Gasteiger partial charge on any atom is 0.263 e. The van der Waals surface area contributed by atoms with Crippen molar-refractivity contribution in [2.45, 2.75) is 19.3 Å². The van der Waals surface area contributed by atoms with Crippen molar-refractivity contribution in [3.63, 3.8) is 0 Å². The van der Waals surface area contributed by atoms with Gasteiger partial charge in [-0.25, -0.2) is 17.6 Å². The highest BCUT2D eigenvalue weighted by Gasteiger charge is 2.14. The van der Waals surface area contributed by atoms with Crippen LogP contribution in [0, 0.1) is 0 Å². The molecule has 5 heteroatoms. The molecule has 0 unspecified atom stereocenters. The zero-order valence-electron chi connectivity index (χ0n) is 7.69. The smallest absolute Gasteiger partial charge is 0.205 e. The molecule has 0 saturated carbocycles. The maximum absolute atomic E-state index is 12.4. The summed E-state index contributed by atoms with van der Waals surface area (Å²) < 4.78 is 49.5. The summed E-state index contributed by atoms with van der Waals surface area (Å²) in [5, 5.41) is 0.558. The van der Waals surface area contributed by atoms with Crippen LogP contribution in [0.3, 0.4) is 0 Å². The highest BCUT2D eigenvalue weighted by Crippen LogP contribution is 2.27. The van der Waals surface area contributed by atoms with Crippen LogP contribution in [0.5, 0.6) is 0 Å². The van der Waals surface area contributed by atoms with Crippen molar-refractivity contribution in [3.8, 4) is 0 Å². The van der Waals surface area contributed by atoms with Crippen LogP contribution in [0.25, 0.3) is 0 Å². The number of rotatable bonds is 4. The Labute approximate surface area is 93.4 Å². The summed E-state index contributed by atoms with van der Waals surface area (Å²) in [6.07, 6.45) is -4.96. The monoisotopic (exact) mass is 284 g/mol. The lowest BCUT2D eigenvalue weighted by Gasteiger charge is -2.08. The molecular formula is C10H9BrF4. The number of benzene rings is 1. The molecule has 15 heavy (non-hydrogen) atoms. The number of alkyl halides is 5. The minimum absolute atomic E-state index is 0.344. The quantitative estimate of drug-likeness (QED) is 0.564. The van der Waals surface area contributed by atoms with E-state index in [0.29, 0.717) is 17.3 Å². The van der Waals surface area contributed by atoms with E-state index in [9.17, 15) is 17.6 Å². The molecular weight excluding hydrogens is 276 g/mol. The lowest BCUT2D eigenvalue weighted by molar-refractivity contribution is 0.144. The largest absolute Gasteiger partial charge is 0.263 e. The number of hydrogen-bond donors (Lipinski definition) is 0.